The molecule has 0 radical (unpaired) electrons. The highest BCUT2D eigenvalue weighted by Gasteiger charge is 2.12. The van der Waals surface area contributed by atoms with Crippen molar-refractivity contribution in [1.82, 2.24) is 15.0 Å². The first-order valence-corrected chi connectivity index (χ1v) is 8.97. The predicted octanol–water partition coefficient (Wildman–Crippen LogP) is 4.05. The van der Waals surface area contributed by atoms with Crippen LogP contribution in [0.2, 0.25) is 0 Å². The van der Waals surface area contributed by atoms with Crippen molar-refractivity contribution in [3.63, 3.8) is 0 Å². The van der Waals surface area contributed by atoms with Gasteiger partial charge in [-0.3, -0.25) is 4.79 Å². The van der Waals surface area contributed by atoms with Gasteiger partial charge < -0.3 is 10.1 Å². The van der Waals surface area contributed by atoms with Gasteiger partial charge in [-0.05, 0) is 48.4 Å². The second kappa shape index (κ2) is 7.52. The molecule has 140 valence electrons. The van der Waals surface area contributed by atoms with Gasteiger partial charge in [-0.1, -0.05) is 35.5 Å². The summed E-state index contributed by atoms with van der Waals surface area (Å²) in [6.45, 7) is 2.72. The van der Waals surface area contributed by atoms with E-state index in [4.69, 9.17) is 4.74 Å². The van der Waals surface area contributed by atoms with Gasteiger partial charge in [0.15, 0.2) is 0 Å². The molecule has 0 aliphatic heterocycles. The van der Waals surface area contributed by atoms with E-state index in [-0.39, 0.29) is 5.91 Å². The average Bonchev–Trinajstić information content (AvgIpc) is 3.12. The van der Waals surface area contributed by atoms with Crippen molar-refractivity contribution in [3.05, 3.63) is 83.4 Å². The molecule has 0 atom stereocenters. The maximum absolute atomic E-state index is 12.6. The minimum atomic E-state index is -0.205. The van der Waals surface area contributed by atoms with Crippen LogP contribution in [0.25, 0.3) is 11.0 Å². The summed E-state index contributed by atoms with van der Waals surface area (Å²) in [6.07, 6.45) is 0. The fourth-order valence-corrected chi connectivity index (χ4v) is 3.08. The van der Waals surface area contributed by atoms with E-state index in [0.717, 1.165) is 5.52 Å². The molecule has 1 amide bonds. The molecule has 6 heteroatoms. The van der Waals surface area contributed by atoms with Crippen LogP contribution in [0, 0.1) is 6.92 Å². The highest BCUT2D eigenvalue weighted by atomic mass is 16.5. The van der Waals surface area contributed by atoms with Crippen LogP contribution in [0.1, 0.15) is 21.5 Å². The van der Waals surface area contributed by atoms with E-state index in [1.54, 1.807) is 25.3 Å². The summed E-state index contributed by atoms with van der Waals surface area (Å²) >= 11 is 0. The van der Waals surface area contributed by atoms with E-state index in [1.165, 1.54) is 11.1 Å². The maximum atomic E-state index is 12.6. The molecule has 6 nitrogen and oxygen atoms in total. The van der Waals surface area contributed by atoms with Gasteiger partial charge >= 0.3 is 0 Å². The van der Waals surface area contributed by atoms with Crippen LogP contribution >= 0.6 is 0 Å². The van der Waals surface area contributed by atoms with Gasteiger partial charge in [0.05, 0.1) is 19.2 Å². The molecule has 0 unspecified atom stereocenters. The molecule has 0 bridgehead atoms. The van der Waals surface area contributed by atoms with Gasteiger partial charge in [-0.2, -0.15) is 0 Å². The maximum Gasteiger partial charge on any atom is 0.255 e. The summed E-state index contributed by atoms with van der Waals surface area (Å²) in [5.74, 6) is 0.482. The molecule has 0 saturated heterocycles. The van der Waals surface area contributed by atoms with Crippen molar-refractivity contribution in [2.45, 2.75) is 13.5 Å². The van der Waals surface area contributed by atoms with Crippen molar-refractivity contribution < 1.29 is 9.53 Å². The zero-order valence-electron chi connectivity index (χ0n) is 15.7. The van der Waals surface area contributed by atoms with Gasteiger partial charge in [0.2, 0.25) is 0 Å². The van der Waals surface area contributed by atoms with Crippen molar-refractivity contribution in [1.29, 1.82) is 0 Å². The number of nitrogens with one attached hydrogen (secondary N) is 1. The van der Waals surface area contributed by atoms with Crippen LogP contribution in [-0.4, -0.2) is 28.0 Å². The Morgan fingerprint density at radius 2 is 1.93 bits per heavy atom. The molecule has 0 aliphatic carbocycles. The third kappa shape index (κ3) is 3.57. The molecule has 28 heavy (non-hydrogen) atoms. The summed E-state index contributed by atoms with van der Waals surface area (Å²) in [5, 5.41) is 11.4. The minimum Gasteiger partial charge on any atom is -0.497 e. The molecule has 1 aromatic heterocycles. The van der Waals surface area contributed by atoms with Crippen LogP contribution in [-0.2, 0) is 6.54 Å². The quantitative estimate of drug-likeness (QED) is 0.574. The number of carbonyl (C=O) groups is 1. The molecule has 4 rings (SSSR count). The normalized spacial score (nSPS) is 10.8. The summed E-state index contributed by atoms with van der Waals surface area (Å²) in [7, 11) is 1.59. The van der Waals surface area contributed by atoms with Crippen LogP contribution in [0.5, 0.6) is 5.75 Å². The van der Waals surface area contributed by atoms with E-state index < -0.39 is 0 Å². The number of rotatable bonds is 5. The number of fused-ring (bicyclic) bond motifs is 1. The smallest absolute Gasteiger partial charge is 0.255 e. The average molecular weight is 372 g/mol. The lowest BCUT2D eigenvalue weighted by molar-refractivity contribution is 0.102. The minimum absolute atomic E-state index is 0.205. The van der Waals surface area contributed by atoms with E-state index in [1.807, 2.05) is 41.1 Å². The number of hydrogen-bond donors (Lipinski definition) is 1. The first-order chi connectivity index (χ1) is 13.6. The number of nitrogens with zero attached hydrogens (tertiary/aromatic N) is 3. The first-order valence-electron chi connectivity index (χ1n) is 8.97. The lowest BCUT2D eigenvalue weighted by atomic mass is 10.1. The standard InChI is InChI=1S/C22H20N4O2/c1-15-6-3-4-7-17(15)14-26-21-11-10-16(12-20(21)24-25-26)22(27)23-18-8-5-9-19(13-18)28-2/h3-13H,14H2,1-2H3,(H,23,27). The van der Waals surface area contributed by atoms with Gasteiger partial charge in [0.1, 0.15) is 11.3 Å². The van der Waals surface area contributed by atoms with Crippen LogP contribution in [0.15, 0.2) is 66.7 Å². The SMILES string of the molecule is COc1cccc(NC(=O)c2ccc3c(c2)nnn3Cc2ccccc2C)c1. The molecule has 0 spiro atoms. The van der Waals surface area contributed by atoms with Gasteiger partial charge in [0.25, 0.3) is 5.91 Å². The fourth-order valence-electron chi connectivity index (χ4n) is 3.08. The lowest BCUT2D eigenvalue weighted by Gasteiger charge is -2.08. The molecule has 1 heterocycles. The van der Waals surface area contributed by atoms with E-state index in [9.17, 15) is 4.79 Å². The van der Waals surface area contributed by atoms with Crippen molar-refractivity contribution in [2.75, 3.05) is 12.4 Å². The third-order valence-electron chi connectivity index (χ3n) is 4.69. The van der Waals surface area contributed by atoms with E-state index >= 15 is 0 Å². The van der Waals surface area contributed by atoms with Crippen molar-refractivity contribution in [3.8, 4) is 5.75 Å². The number of methoxy groups -OCH3 is 1. The second-order valence-electron chi connectivity index (χ2n) is 6.56. The number of anilines is 1. The van der Waals surface area contributed by atoms with Gasteiger partial charge in [0, 0.05) is 17.3 Å². The zero-order valence-corrected chi connectivity index (χ0v) is 15.7. The molecule has 0 fully saturated rings. The largest absolute Gasteiger partial charge is 0.497 e. The highest BCUT2D eigenvalue weighted by Crippen LogP contribution is 2.20. The van der Waals surface area contributed by atoms with Crippen LogP contribution in [0.3, 0.4) is 0 Å². The molecule has 3 aromatic carbocycles. The number of benzene rings is 3. The summed E-state index contributed by atoms with van der Waals surface area (Å²) in [6, 6.07) is 20.9. The molecule has 1 N–H and O–H groups in total. The summed E-state index contributed by atoms with van der Waals surface area (Å²) < 4.78 is 7.04. The number of aryl methyl sites for hydroxylation is 1. The topological polar surface area (TPSA) is 69.0 Å². The Balaban J connectivity index is 1.57. The monoisotopic (exact) mass is 372 g/mol. The second-order valence-corrected chi connectivity index (χ2v) is 6.56. The number of hydrogen-bond acceptors (Lipinski definition) is 4. The number of amides is 1. The Hall–Kier alpha value is -3.67. The number of carbonyl (C=O) groups excluding carboxylic acids is 1. The lowest BCUT2D eigenvalue weighted by Crippen LogP contribution is -2.11. The van der Waals surface area contributed by atoms with Gasteiger partial charge in [-0.15, -0.1) is 5.10 Å². The van der Waals surface area contributed by atoms with E-state index in [0.29, 0.717) is 29.1 Å². The van der Waals surface area contributed by atoms with Gasteiger partial charge in [-0.25, -0.2) is 4.68 Å². The summed E-state index contributed by atoms with van der Waals surface area (Å²) in [4.78, 5) is 12.6. The van der Waals surface area contributed by atoms with Crippen molar-refractivity contribution >= 4 is 22.6 Å². The molecule has 0 saturated carbocycles. The van der Waals surface area contributed by atoms with E-state index in [2.05, 4.69) is 34.7 Å². The zero-order chi connectivity index (χ0) is 19.5. The molecular formula is C22H20N4O2. The van der Waals surface area contributed by atoms with Crippen LogP contribution in [0.4, 0.5) is 5.69 Å². The fraction of sp³-hybridized carbons (Fsp3) is 0.136. The molecule has 4 aromatic rings. The Kier molecular flexibility index (Phi) is 4.76. The summed E-state index contributed by atoms with van der Waals surface area (Å²) in [5.41, 5.74) is 5.17. The Labute approximate surface area is 162 Å². The Morgan fingerprint density at radius 1 is 1.07 bits per heavy atom. The third-order valence-corrected chi connectivity index (χ3v) is 4.69. The number of aromatic nitrogens is 3. The van der Waals surface area contributed by atoms with Crippen LogP contribution < -0.4 is 10.1 Å². The Bertz CT molecular complexity index is 1150. The molecular weight excluding hydrogens is 352 g/mol. The predicted molar refractivity (Wildman–Crippen MR) is 109 cm³/mol. The highest BCUT2D eigenvalue weighted by molar-refractivity contribution is 6.05. The van der Waals surface area contributed by atoms with Crippen molar-refractivity contribution in [2.24, 2.45) is 0 Å². The Morgan fingerprint density at radius 3 is 2.75 bits per heavy atom. The molecule has 0 aliphatic rings. The first kappa shape index (κ1) is 17.7. The number of ether oxygens (including phenoxy) is 1.